The second kappa shape index (κ2) is 3.22. The number of hydrogen-bond acceptors (Lipinski definition) is 1. The van der Waals surface area contributed by atoms with E-state index in [2.05, 4.69) is 0 Å². The molecule has 1 unspecified atom stereocenters. The van der Waals surface area contributed by atoms with Crippen molar-refractivity contribution in [3.63, 3.8) is 0 Å². The first-order valence-electron chi connectivity index (χ1n) is 1.45. The van der Waals surface area contributed by atoms with Gasteiger partial charge in [-0.25, -0.2) is 0 Å². The van der Waals surface area contributed by atoms with Crippen LogP contribution in [0, 0.1) is 0 Å². The molecule has 0 aliphatic carbocycles. The minimum atomic E-state index is -1.15. The van der Waals surface area contributed by atoms with Gasteiger partial charge in [-0.05, 0) is 28.1 Å². The van der Waals surface area contributed by atoms with E-state index < -0.39 is 5.44 Å². The summed E-state index contributed by atoms with van der Waals surface area (Å²) in [5.74, 6) is 0. The van der Waals surface area contributed by atoms with E-state index in [-0.39, 0.29) is 0 Å². The summed E-state index contributed by atoms with van der Waals surface area (Å²) in [5.41, 5.74) is -1.15. The van der Waals surface area contributed by atoms with Gasteiger partial charge in [0.1, 0.15) is 13.3 Å². The number of hydrogen-bond donors (Lipinski definition) is 0. The van der Waals surface area contributed by atoms with E-state index in [1.165, 1.54) is 0 Å². The van der Waals surface area contributed by atoms with E-state index in [9.17, 15) is 4.57 Å². The highest BCUT2D eigenvalue weighted by Gasteiger charge is 1.77. The Bertz CT molecular complexity index is 46.9. The maximum atomic E-state index is 9.98. The van der Waals surface area contributed by atoms with Crippen LogP contribution < -0.4 is 0 Å². The van der Waals surface area contributed by atoms with Gasteiger partial charge >= 0.3 is 0 Å². The molecule has 0 saturated heterocycles. The van der Waals surface area contributed by atoms with Crippen LogP contribution in [0.1, 0.15) is 0 Å². The van der Waals surface area contributed by atoms with Gasteiger partial charge in [-0.2, -0.15) is 0 Å². The summed E-state index contributed by atoms with van der Waals surface area (Å²) >= 11 is 1.95. The summed E-state index contributed by atoms with van der Waals surface area (Å²) in [6.45, 7) is 0. The molecule has 0 N–H and O–H groups in total. The Kier molecular flexibility index (Phi) is 3.88. The van der Waals surface area contributed by atoms with Crippen LogP contribution in [0.3, 0.4) is 0 Å². The zero-order valence-electron chi connectivity index (χ0n) is 2.99. The molecule has 1 atom stereocenters. The zero-order chi connectivity index (χ0) is 4.28. The van der Waals surface area contributed by atoms with Crippen molar-refractivity contribution in [1.29, 1.82) is 0 Å². The molecule has 0 heterocycles. The molecule has 0 aliphatic heterocycles. The van der Waals surface area contributed by atoms with Crippen molar-refractivity contribution >= 4 is 35.3 Å². The largest absolute Gasteiger partial charge is 0.317 e. The summed E-state index contributed by atoms with van der Waals surface area (Å²) in [4.78, 5) is 0. The van der Waals surface area contributed by atoms with Gasteiger partial charge in [-0.3, -0.25) is 0 Å². The van der Waals surface area contributed by atoms with Crippen molar-refractivity contribution in [2.45, 2.75) is 0 Å². The van der Waals surface area contributed by atoms with Crippen molar-refractivity contribution in [2.24, 2.45) is 0 Å². The molecule has 0 saturated carbocycles. The lowest BCUT2D eigenvalue weighted by Gasteiger charge is -1.71. The lowest BCUT2D eigenvalue weighted by Crippen LogP contribution is -1.60. The Morgan fingerprint density at radius 1 is 2.00 bits per heavy atom. The molecule has 0 amide bonds. The van der Waals surface area contributed by atoms with E-state index >= 15 is 0 Å². The Hall–Kier alpha value is 1.02. The van der Waals surface area contributed by atoms with E-state index in [4.69, 9.17) is 0 Å². The molecule has 30 valence electrons. The molecule has 4 heteroatoms. The van der Waals surface area contributed by atoms with Crippen LogP contribution in [0.5, 0.6) is 0 Å². The summed E-state index contributed by atoms with van der Waals surface area (Å²) in [5, 5.41) is 0. The highest BCUT2D eigenvalue weighted by Crippen LogP contribution is 2.27. The number of halogens is 1. The van der Waals surface area contributed by atoms with Crippen LogP contribution in [0.2, 0.25) is 0 Å². The van der Waals surface area contributed by atoms with Gasteiger partial charge in [0.25, 0.3) is 0 Å². The van der Waals surface area contributed by atoms with E-state index in [0.717, 1.165) is 6.06 Å². The van der Waals surface area contributed by atoms with Gasteiger partial charge in [0.2, 0.25) is 0 Å². The quantitative estimate of drug-likeness (QED) is 0.343. The third-order valence-electron chi connectivity index (χ3n) is 0.278. The van der Waals surface area contributed by atoms with Crippen LogP contribution in [0.25, 0.3) is 0 Å². The third kappa shape index (κ3) is 5.02. The highest BCUT2D eigenvalue weighted by atomic mass is 127. The van der Waals surface area contributed by atoms with Crippen molar-refractivity contribution in [3.8, 4) is 0 Å². The molecule has 0 rings (SSSR count). The van der Waals surface area contributed by atoms with Crippen LogP contribution >= 0.6 is 27.5 Å². The van der Waals surface area contributed by atoms with Crippen LogP contribution in [-0.4, -0.2) is 13.9 Å². The fourth-order valence-corrected chi connectivity index (χ4v) is 0. The molecule has 0 aromatic rings. The molecule has 0 radical (unpaired) electrons. The van der Waals surface area contributed by atoms with Crippen molar-refractivity contribution in [3.05, 3.63) is 0 Å². The zero-order valence-corrected chi connectivity index (χ0v) is 6.15. The second-order valence-corrected chi connectivity index (χ2v) is 5.74. The predicted octanol–water partition coefficient (Wildman–Crippen LogP) is 0.487. The van der Waals surface area contributed by atoms with Gasteiger partial charge in [0, 0.05) is 0 Å². The first-order valence-corrected chi connectivity index (χ1v) is 6.18. The minimum absolute atomic E-state index is 0.839. The Labute approximate surface area is 46.2 Å². The Morgan fingerprint density at radius 2 is 2.20 bits per heavy atom. The van der Waals surface area contributed by atoms with Gasteiger partial charge in [-0.15, -0.1) is 0 Å². The van der Waals surface area contributed by atoms with Crippen LogP contribution in [-0.2, 0) is 4.57 Å². The van der Waals surface area contributed by atoms with E-state index in [1.807, 2.05) is 29.9 Å². The molecule has 0 aliphatic rings. The SMILES string of the molecule is BC[PH](=O)I. The van der Waals surface area contributed by atoms with Crippen molar-refractivity contribution in [2.75, 3.05) is 6.06 Å². The van der Waals surface area contributed by atoms with Gasteiger partial charge < -0.3 is 4.57 Å². The topological polar surface area (TPSA) is 17.1 Å². The maximum absolute atomic E-state index is 9.98. The van der Waals surface area contributed by atoms with Crippen molar-refractivity contribution in [1.82, 2.24) is 0 Å². The molecule has 0 bridgehead atoms. The molecule has 1 nitrogen and oxygen atoms in total. The molecular formula is CH5BIOP. The van der Waals surface area contributed by atoms with E-state index in [0.29, 0.717) is 0 Å². The van der Waals surface area contributed by atoms with Gasteiger partial charge in [0.05, 0.1) is 0 Å². The molecular weight excluding hydrogens is 197 g/mol. The lowest BCUT2D eigenvalue weighted by molar-refractivity contribution is 0.599. The fraction of sp³-hybridized carbons (Fsp3) is 1.00. The first kappa shape index (κ1) is 6.02. The van der Waals surface area contributed by atoms with Crippen molar-refractivity contribution < 1.29 is 4.57 Å². The predicted molar refractivity (Wildman–Crippen MR) is 36.4 cm³/mol. The molecule has 0 aromatic heterocycles. The Morgan fingerprint density at radius 3 is 2.20 bits per heavy atom. The smallest absolute Gasteiger partial charge is 0.124 e. The monoisotopic (exact) mass is 202 g/mol. The maximum Gasteiger partial charge on any atom is 0.124 e. The first-order chi connectivity index (χ1) is 2.27. The normalized spacial score (nSPS) is 14.6. The fourth-order valence-electron chi connectivity index (χ4n) is 0. The molecule has 0 spiro atoms. The highest BCUT2D eigenvalue weighted by molar-refractivity contribution is 14.2. The third-order valence-corrected chi connectivity index (χ3v) is 3.12. The van der Waals surface area contributed by atoms with Gasteiger partial charge in [-0.1, -0.05) is 0 Å². The number of rotatable bonds is 1. The average molecular weight is 202 g/mol. The molecule has 0 aromatic carbocycles. The van der Waals surface area contributed by atoms with Crippen LogP contribution in [0.15, 0.2) is 0 Å². The molecule has 5 heavy (non-hydrogen) atoms. The lowest BCUT2D eigenvalue weighted by atomic mass is 10.2. The summed E-state index contributed by atoms with van der Waals surface area (Å²) in [6, 6.07) is 0.839. The Balaban J connectivity index is 2.85. The summed E-state index contributed by atoms with van der Waals surface area (Å²) in [7, 11) is 1.92. The van der Waals surface area contributed by atoms with E-state index in [1.54, 1.807) is 0 Å². The minimum Gasteiger partial charge on any atom is -0.317 e. The molecule has 0 fully saturated rings. The second-order valence-electron chi connectivity index (χ2n) is 0.709. The van der Waals surface area contributed by atoms with Gasteiger partial charge in [0.15, 0.2) is 0 Å². The summed E-state index contributed by atoms with van der Waals surface area (Å²) in [6.07, 6.45) is 0. The summed E-state index contributed by atoms with van der Waals surface area (Å²) < 4.78 is 9.98. The average Bonchev–Trinajstić information content (AvgIpc) is 1.38. The standard InChI is InChI=1S/CH5BIOP/c2-1-5(3)4/h5H,1-2H2. The van der Waals surface area contributed by atoms with Crippen LogP contribution in [0.4, 0.5) is 0 Å².